The molecule has 0 aromatic heterocycles. The van der Waals surface area contributed by atoms with Crippen molar-refractivity contribution in [2.45, 2.75) is 65.4 Å². The highest BCUT2D eigenvalue weighted by atomic mass is 16.5. The summed E-state index contributed by atoms with van der Waals surface area (Å²) in [4.78, 5) is 24.8. The molecule has 27 heavy (non-hydrogen) atoms. The standard InChI is InChI=1S/C24H32O3/c1-4-5-6-13-27-21-15-17-18-7-8-22(26)24(18,3)12-10-19(17)23(2)11-9-16(25)14-20(21)23/h5-6,9,11,14,17-19,21H,4,7-8,10,12-13,15H2,1-3H3/t17-,18-,19-,21+,23+,24?/m0/s1. The van der Waals surface area contributed by atoms with Crippen LogP contribution in [-0.4, -0.2) is 24.3 Å². The molecule has 0 saturated heterocycles. The number of hydrogen-bond acceptors (Lipinski definition) is 3. The van der Waals surface area contributed by atoms with Crippen molar-refractivity contribution < 1.29 is 14.3 Å². The van der Waals surface area contributed by atoms with Crippen LogP contribution in [0.25, 0.3) is 0 Å². The predicted octanol–water partition coefficient (Wildman–Crippen LogP) is 4.82. The molecular weight excluding hydrogens is 336 g/mol. The summed E-state index contributed by atoms with van der Waals surface area (Å²) in [5.41, 5.74) is 0.900. The van der Waals surface area contributed by atoms with Crippen molar-refractivity contribution in [1.29, 1.82) is 0 Å². The van der Waals surface area contributed by atoms with Crippen LogP contribution in [0.5, 0.6) is 0 Å². The van der Waals surface area contributed by atoms with E-state index < -0.39 is 0 Å². The third-order valence-electron chi connectivity index (χ3n) is 8.06. The van der Waals surface area contributed by atoms with E-state index in [2.05, 4.69) is 39.0 Å². The maximum absolute atomic E-state index is 12.6. The highest BCUT2D eigenvalue weighted by molar-refractivity contribution is 6.01. The second-order valence-corrected chi connectivity index (χ2v) is 9.35. The molecule has 4 rings (SSSR count). The lowest BCUT2D eigenvalue weighted by Gasteiger charge is -2.57. The van der Waals surface area contributed by atoms with E-state index in [1.807, 2.05) is 6.08 Å². The quantitative estimate of drug-likeness (QED) is 0.668. The van der Waals surface area contributed by atoms with Gasteiger partial charge in [0.2, 0.25) is 0 Å². The van der Waals surface area contributed by atoms with Gasteiger partial charge in [-0.2, -0.15) is 0 Å². The Morgan fingerprint density at radius 3 is 2.78 bits per heavy atom. The van der Waals surface area contributed by atoms with E-state index in [0.29, 0.717) is 30.1 Å². The fourth-order valence-corrected chi connectivity index (χ4v) is 6.56. The highest BCUT2D eigenvalue weighted by Crippen LogP contribution is 2.63. The topological polar surface area (TPSA) is 43.4 Å². The van der Waals surface area contributed by atoms with Gasteiger partial charge in [0.1, 0.15) is 5.78 Å². The monoisotopic (exact) mass is 368 g/mol. The Bertz CT molecular complexity index is 730. The molecule has 0 N–H and O–H groups in total. The first kappa shape index (κ1) is 18.9. The molecule has 3 saturated carbocycles. The van der Waals surface area contributed by atoms with Gasteiger partial charge >= 0.3 is 0 Å². The number of ether oxygens (including phenoxy) is 1. The number of hydrogen-bond donors (Lipinski definition) is 0. The van der Waals surface area contributed by atoms with Gasteiger partial charge in [0, 0.05) is 17.3 Å². The van der Waals surface area contributed by atoms with Crippen molar-refractivity contribution in [3.05, 3.63) is 36.0 Å². The molecule has 0 aliphatic heterocycles. The van der Waals surface area contributed by atoms with Crippen molar-refractivity contribution in [3.8, 4) is 0 Å². The summed E-state index contributed by atoms with van der Waals surface area (Å²) in [5, 5.41) is 0. The lowest BCUT2D eigenvalue weighted by atomic mass is 9.48. The van der Waals surface area contributed by atoms with Gasteiger partial charge in [-0.25, -0.2) is 0 Å². The summed E-state index contributed by atoms with van der Waals surface area (Å²) in [7, 11) is 0. The van der Waals surface area contributed by atoms with E-state index in [0.717, 1.165) is 44.1 Å². The zero-order valence-electron chi connectivity index (χ0n) is 16.9. The molecular formula is C24H32O3. The molecule has 0 aromatic carbocycles. The number of Topliss-reactive ketones (excluding diaryl/α,β-unsaturated/α-hetero) is 1. The molecule has 3 fully saturated rings. The Hall–Kier alpha value is -1.48. The number of rotatable bonds is 4. The summed E-state index contributed by atoms with van der Waals surface area (Å²) in [6.45, 7) is 7.20. The first-order valence-corrected chi connectivity index (χ1v) is 10.7. The van der Waals surface area contributed by atoms with Gasteiger partial charge in [-0.1, -0.05) is 39.0 Å². The fraction of sp³-hybridized carbons (Fsp3) is 0.667. The van der Waals surface area contributed by atoms with Crippen LogP contribution in [0.3, 0.4) is 0 Å². The maximum atomic E-state index is 12.6. The Labute approximate surface area is 162 Å². The van der Waals surface area contributed by atoms with Crippen molar-refractivity contribution in [2.24, 2.45) is 28.6 Å². The van der Waals surface area contributed by atoms with E-state index in [-0.39, 0.29) is 22.7 Å². The first-order chi connectivity index (χ1) is 12.9. The predicted molar refractivity (Wildman–Crippen MR) is 106 cm³/mol. The minimum absolute atomic E-state index is 0.0234. The zero-order valence-corrected chi connectivity index (χ0v) is 16.9. The molecule has 6 atom stereocenters. The molecule has 3 heteroatoms. The van der Waals surface area contributed by atoms with E-state index in [1.54, 1.807) is 6.08 Å². The van der Waals surface area contributed by atoms with Crippen LogP contribution < -0.4 is 0 Å². The third-order valence-corrected chi connectivity index (χ3v) is 8.06. The first-order valence-electron chi connectivity index (χ1n) is 10.7. The molecule has 146 valence electrons. The second kappa shape index (κ2) is 6.84. The van der Waals surface area contributed by atoms with Crippen LogP contribution in [0, 0.1) is 28.6 Å². The molecule has 0 radical (unpaired) electrons. The molecule has 0 spiro atoms. The Morgan fingerprint density at radius 1 is 1.19 bits per heavy atom. The van der Waals surface area contributed by atoms with E-state index in [1.165, 1.54) is 0 Å². The average molecular weight is 369 g/mol. The lowest BCUT2D eigenvalue weighted by Crippen LogP contribution is -2.53. The summed E-state index contributed by atoms with van der Waals surface area (Å²) in [6.07, 6.45) is 15.7. The normalized spacial score (nSPS) is 43.4. The van der Waals surface area contributed by atoms with Gasteiger partial charge in [0.15, 0.2) is 5.78 Å². The SMILES string of the molecule is CCC=CCO[C@@H]1C[C@H]2[C@@H]3CCC(=O)C3(C)CC[C@@H]2[C@@]2(C)C=CC(=O)C=C12. The number of fused-ring (bicyclic) bond motifs is 5. The number of ketones is 2. The highest BCUT2D eigenvalue weighted by Gasteiger charge is 2.60. The van der Waals surface area contributed by atoms with Gasteiger partial charge < -0.3 is 4.74 Å². The molecule has 0 aromatic rings. The van der Waals surface area contributed by atoms with Gasteiger partial charge in [-0.15, -0.1) is 0 Å². The molecule has 3 nitrogen and oxygen atoms in total. The largest absolute Gasteiger partial charge is 0.370 e. The molecule has 0 bridgehead atoms. The average Bonchev–Trinajstić information content (AvgIpc) is 2.95. The summed E-state index contributed by atoms with van der Waals surface area (Å²) >= 11 is 0. The van der Waals surface area contributed by atoms with Crippen LogP contribution in [0.4, 0.5) is 0 Å². The Kier molecular flexibility index (Phi) is 4.78. The smallest absolute Gasteiger partial charge is 0.178 e. The number of carbonyl (C=O) groups is 2. The summed E-state index contributed by atoms with van der Waals surface area (Å²) in [6, 6.07) is 0. The van der Waals surface area contributed by atoms with Crippen molar-refractivity contribution in [2.75, 3.05) is 6.61 Å². The van der Waals surface area contributed by atoms with Crippen LogP contribution in [0.2, 0.25) is 0 Å². The second-order valence-electron chi connectivity index (χ2n) is 9.35. The van der Waals surface area contributed by atoms with Gasteiger partial charge in [0.05, 0.1) is 12.7 Å². The number of allylic oxidation sites excluding steroid dienone is 4. The van der Waals surface area contributed by atoms with E-state index in [4.69, 9.17) is 4.74 Å². The molecule has 4 aliphatic rings. The van der Waals surface area contributed by atoms with Gasteiger partial charge in [-0.05, 0) is 67.6 Å². The van der Waals surface area contributed by atoms with Crippen molar-refractivity contribution in [1.82, 2.24) is 0 Å². The van der Waals surface area contributed by atoms with Gasteiger partial charge in [-0.3, -0.25) is 9.59 Å². The zero-order chi connectivity index (χ0) is 19.2. The lowest BCUT2D eigenvalue weighted by molar-refractivity contribution is -0.133. The van der Waals surface area contributed by atoms with Crippen LogP contribution in [-0.2, 0) is 14.3 Å². The van der Waals surface area contributed by atoms with Crippen LogP contribution in [0.15, 0.2) is 36.0 Å². The van der Waals surface area contributed by atoms with Crippen LogP contribution >= 0.6 is 0 Å². The van der Waals surface area contributed by atoms with Crippen molar-refractivity contribution >= 4 is 11.6 Å². The van der Waals surface area contributed by atoms with Crippen LogP contribution in [0.1, 0.15) is 59.3 Å². The third kappa shape index (κ3) is 2.90. The molecule has 0 heterocycles. The number of carbonyl (C=O) groups excluding carboxylic acids is 2. The fourth-order valence-electron chi connectivity index (χ4n) is 6.56. The van der Waals surface area contributed by atoms with Gasteiger partial charge in [0.25, 0.3) is 0 Å². The minimum Gasteiger partial charge on any atom is -0.370 e. The minimum atomic E-state index is -0.139. The molecule has 1 unspecified atom stereocenters. The molecule has 4 aliphatic carbocycles. The molecule has 0 amide bonds. The Balaban J connectivity index is 1.67. The summed E-state index contributed by atoms with van der Waals surface area (Å²) in [5.74, 6) is 2.01. The Morgan fingerprint density at radius 2 is 2.00 bits per heavy atom. The van der Waals surface area contributed by atoms with E-state index in [9.17, 15) is 9.59 Å². The van der Waals surface area contributed by atoms with Crippen molar-refractivity contribution in [3.63, 3.8) is 0 Å². The summed E-state index contributed by atoms with van der Waals surface area (Å²) < 4.78 is 6.30. The maximum Gasteiger partial charge on any atom is 0.178 e. The van der Waals surface area contributed by atoms with E-state index >= 15 is 0 Å².